The van der Waals surface area contributed by atoms with Crippen molar-refractivity contribution in [2.24, 2.45) is 0 Å². The topological polar surface area (TPSA) is 212 Å². The zero-order valence-corrected chi connectivity index (χ0v) is 74.6. The predicted molar refractivity (Wildman–Crippen MR) is 490 cm³/mol. The van der Waals surface area contributed by atoms with E-state index in [2.05, 4.69) is 87.4 Å². The van der Waals surface area contributed by atoms with E-state index in [9.17, 15) is 41.9 Å². The molecule has 6 aliphatic rings. The number of carbonyl (C=O) groups excluding carboxylic acids is 6. The number of nitrogens with zero attached hydrogens (tertiary/aromatic N) is 6. The van der Waals surface area contributed by atoms with Crippen molar-refractivity contribution in [3.8, 4) is 11.5 Å². The Balaban J connectivity index is 0.000000170. The molecule has 0 aromatic heterocycles. The van der Waals surface area contributed by atoms with E-state index >= 15 is 0 Å². The fourth-order valence-electron chi connectivity index (χ4n) is 17.5. The number of ether oxygens (including phenoxy) is 2. The van der Waals surface area contributed by atoms with Gasteiger partial charge in [-0.1, -0.05) is 169 Å². The highest BCUT2D eigenvalue weighted by atomic mass is 35.5. The molecule has 14 rings (SSSR count). The zero-order chi connectivity index (χ0) is 87.5. The van der Waals surface area contributed by atoms with Gasteiger partial charge in [-0.3, -0.25) is 28.8 Å². The lowest BCUT2D eigenvalue weighted by Crippen LogP contribution is -2.50. The third-order valence-corrected chi connectivity index (χ3v) is 25.3. The Morgan fingerprint density at radius 1 is 0.484 bits per heavy atom. The summed E-state index contributed by atoms with van der Waals surface area (Å²) in [5.74, 6) is 0.170. The third kappa shape index (κ3) is 29.0. The minimum absolute atomic E-state index is 0.00905. The van der Waals surface area contributed by atoms with Gasteiger partial charge in [0, 0.05) is 145 Å². The summed E-state index contributed by atoms with van der Waals surface area (Å²) in [5.41, 5.74) is 4.71. The molecule has 0 saturated carbocycles. The maximum absolute atomic E-state index is 13.9. The molecular weight excluding hydrogens is 1690 g/mol. The summed E-state index contributed by atoms with van der Waals surface area (Å²) in [6, 6.07) is 48.2. The summed E-state index contributed by atoms with van der Waals surface area (Å²) < 4.78 is 46.6. The summed E-state index contributed by atoms with van der Waals surface area (Å²) in [7, 11) is 1.59. The normalized spacial score (nSPS) is 20.6. The van der Waals surface area contributed by atoms with Gasteiger partial charge in [-0.15, -0.1) is 13.2 Å². The van der Waals surface area contributed by atoms with Crippen LogP contribution in [0.1, 0.15) is 159 Å². The predicted octanol–water partition coefficient (Wildman–Crippen LogP) is 17.0. The van der Waals surface area contributed by atoms with Crippen molar-refractivity contribution in [2.45, 2.75) is 171 Å². The van der Waals surface area contributed by atoms with Crippen molar-refractivity contribution in [2.75, 3.05) is 112 Å². The number of rotatable bonds is 29. The Morgan fingerprint density at radius 2 is 0.935 bits per heavy atom. The van der Waals surface area contributed by atoms with Crippen LogP contribution >= 0.6 is 58.0 Å². The van der Waals surface area contributed by atoms with Gasteiger partial charge >= 0.3 is 6.36 Å². The van der Waals surface area contributed by atoms with E-state index in [1.807, 2.05) is 107 Å². The second-order valence-electron chi connectivity index (χ2n) is 33.3. The first-order valence-corrected chi connectivity index (χ1v) is 45.7. The Kier molecular flexibility index (Phi) is 36.1. The maximum atomic E-state index is 13.9. The maximum Gasteiger partial charge on any atom is 0.573 e. The van der Waals surface area contributed by atoms with Gasteiger partial charge in [-0.2, -0.15) is 0 Å². The quantitative estimate of drug-likeness (QED) is 0.0146. The van der Waals surface area contributed by atoms with Gasteiger partial charge in [-0.05, 0) is 246 Å². The Bertz CT molecular complexity index is 4850. The van der Waals surface area contributed by atoms with Crippen molar-refractivity contribution in [1.29, 1.82) is 0 Å². The summed E-state index contributed by atoms with van der Waals surface area (Å²) in [6.45, 7) is 15.8. The Hall–Kier alpha value is -8.56. The van der Waals surface area contributed by atoms with Crippen LogP contribution in [0.25, 0.3) is 27.6 Å². The van der Waals surface area contributed by atoms with E-state index in [1.54, 1.807) is 25.3 Å². The number of carbonyl (C=O) groups is 6. The van der Waals surface area contributed by atoms with E-state index in [0.29, 0.717) is 132 Å². The summed E-state index contributed by atoms with van der Waals surface area (Å²) in [4.78, 5) is 93.4. The Morgan fingerprint density at radius 3 is 1.44 bits per heavy atom. The zero-order valence-electron chi connectivity index (χ0n) is 70.8. The van der Waals surface area contributed by atoms with Crippen molar-refractivity contribution >= 4 is 121 Å². The van der Waals surface area contributed by atoms with E-state index in [1.165, 1.54) is 99.8 Å². The van der Waals surface area contributed by atoms with Gasteiger partial charge in [0.15, 0.2) is 0 Å². The highest BCUT2D eigenvalue weighted by molar-refractivity contribution is 6.35. The number of halogens is 8. The highest BCUT2D eigenvalue weighted by Crippen LogP contribution is 2.33. The van der Waals surface area contributed by atoms with Crippen molar-refractivity contribution < 1.29 is 51.4 Å². The van der Waals surface area contributed by atoms with Crippen LogP contribution in [0.4, 0.5) is 13.2 Å². The Labute approximate surface area is 751 Å². The third-order valence-electron chi connectivity index (χ3n) is 24.2. The number of piperidine rings is 3. The molecule has 6 saturated heterocycles. The highest BCUT2D eigenvalue weighted by Gasteiger charge is 2.37. The lowest BCUT2D eigenvalue weighted by molar-refractivity contribution is -0.274. The van der Waals surface area contributed by atoms with Crippen LogP contribution in [0.2, 0.25) is 25.1 Å². The number of benzene rings is 8. The monoisotopic (exact) mass is 1800 g/mol. The van der Waals surface area contributed by atoms with E-state index in [4.69, 9.17) is 62.7 Å². The van der Waals surface area contributed by atoms with Gasteiger partial charge in [0.2, 0.25) is 23.6 Å². The van der Waals surface area contributed by atoms with Gasteiger partial charge in [0.05, 0.1) is 30.8 Å². The molecule has 28 heteroatoms. The SMILES string of the molecule is CC[C@H](CN1CC[13C@@H]([13CH2][15NH]C(=O)c2ccc3cc(Cl)ccc3c2)N[C@@H](CCN2CCCCC2)C1=O)c1ccccc1.COc1c(C(=O)NC[C@@H]2CCN(Cc3cc(Cl)cc(Cl)c3)C(=O)[C@H](CCN3CCCCC3)N2)ccc2ccccc12.O=C(/C=C/c1ccc(OC(F)(F)F)cc1)NC[C@@H]1CCN(Cc2cc(Cl)cc(Cl)c2)C(=O)[C@H](CCN2CCCCC2)N1. The number of hydrogen-bond acceptors (Lipinski definition) is 14. The molecule has 0 spiro atoms. The second-order valence-corrected chi connectivity index (χ2v) is 35.4. The van der Waals surface area contributed by atoms with Crippen LogP contribution in [-0.4, -0.2) is 219 Å². The van der Waals surface area contributed by atoms with Crippen LogP contribution in [0.5, 0.6) is 11.5 Å². The van der Waals surface area contributed by atoms with Gasteiger partial charge < -0.3 is 70.8 Å². The largest absolute Gasteiger partial charge is 0.573 e. The minimum atomic E-state index is -4.76. The molecule has 7 atom stereocenters. The molecule has 6 heterocycles. The molecule has 6 N–H and O–H groups in total. The molecule has 0 unspecified atom stereocenters. The molecule has 0 bridgehead atoms. The number of amides is 6. The van der Waals surface area contributed by atoms with Crippen LogP contribution in [0.3, 0.4) is 0 Å². The average molecular weight is 1800 g/mol. The first-order valence-electron chi connectivity index (χ1n) is 43.8. The van der Waals surface area contributed by atoms with Gasteiger partial charge in [0.1, 0.15) is 11.5 Å². The van der Waals surface area contributed by atoms with Crippen LogP contribution in [0.15, 0.2) is 170 Å². The fourth-order valence-corrected chi connectivity index (χ4v) is 18.8. The molecule has 8 aromatic carbocycles. The van der Waals surface area contributed by atoms with E-state index < -0.39 is 12.4 Å². The molecule has 124 heavy (non-hydrogen) atoms. The minimum Gasteiger partial charge on any atom is -0.495 e. The van der Waals surface area contributed by atoms with Crippen LogP contribution in [-0.2, 0) is 32.3 Å². The molecule has 0 radical (unpaired) electrons. The standard InChI is InChI=1S/C34H43ClN4O2.C32H38Cl2N4O3.C30H35Cl2F3N4O3/c1-2-25(26-9-5-3-6-10-26)24-39-20-15-31(37-32(34(39)41)16-19-38-17-7-4-8-18-38)23-36-33(40)29-12-11-28-22-30(35)14-13-27(28)21-29;1-41-30-27-8-4-3-7-23(27)9-10-28(30)31(39)35-20-26-11-16-38(21-22-17-24(33)19-25(34)18-22)32(40)29(36-26)12-15-37-13-5-2-6-14-37;31-23-16-22(17-24(32)18-23)20-39-15-10-25(37-27(29(39)41)11-14-38-12-2-1-3-13-38)19-36-28(40)9-6-21-4-7-26(8-5-21)42-30(33,34)35/h3,5-6,9-14,21-22,25,31-32,37H,2,4,7-8,15-20,23-24H2,1H3,(H,36,40);3-4,7-10,17-19,26,29,36H,2,5-6,11-16,20-21H2,1H3,(H,35,39);4-9,16-18,25,27,37H,1-3,10-15,19-20H2,(H,36,40)/b;;9-6+/t25-,31+,32+;26-,29-;25-,27-/m100/s1/i23+1,31+1,36+1;;. The van der Waals surface area contributed by atoms with E-state index in [0.717, 1.165) is 117 Å². The van der Waals surface area contributed by atoms with Crippen LogP contribution < -0.4 is 41.4 Å². The molecule has 8 aromatic rings. The second kappa shape index (κ2) is 47.3. The number of nitrogens with one attached hydrogen (secondary N) is 6. The molecular formula is C96H116Cl5F3N12O8. The number of fused-ring (bicyclic) bond motifs is 2. The van der Waals surface area contributed by atoms with Gasteiger partial charge in [0.25, 0.3) is 11.8 Å². The summed E-state index contributed by atoms with van der Waals surface area (Å²) in [5, 5.41) is 26.6. The fraction of sp³-hybridized carbons (Fsp3) is 0.458. The molecule has 6 amide bonds. The van der Waals surface area contributed by atoms with E-state index in [-0.39, 0.29) is 71.4 Å². The van der Waals surface area contributed by atoms with Crippen molar-refractivity contribution in [3.05, 3.63) is 228 Å². The lowest BCUT2D eigenvalue weighted by Gasteiger charge is -2.31. The first-order chi connectivity index (χ1) is 59.9. The molecule has 6 fully saturated rings. The number of methoxy groups -OCH3 is 1. The molecule has 664 valence electrons. The average Bonchev–Trinajstić information content (AvgIpc) is 1.37. The number of likely N-dealkylation sites (tertiary alicyclic amines) is 3. The molecule has 20 nitrogen and oxygen atoms in total. The first kappa shape index (κ1) is 94.6. The molecule has 0 aliphatic carbocycles. The smallest absolute Gasteiger partial charge is 0.495 e. The van der Waals surface area contributed by atoms with Crippen LogP contribution in [0, 0.1) is 0 Å². The number of hydrogen-bond donors (Lipinski definition) is 6. The summed E-state index contributed by atoms with van der Waals surface area (Å²) >= 11 is 31.0. The number of alkyl halides is 3. The molecule has 6 aliphatic heterocycles. The lowest BCUT2D eigenvalue weighted by atomic mass is 9.95. The summed E-state index contributed by atoms with van der Waals surface area (Å²) in [6.07, 6.45) is 14.4. The van der Waals surface area contributed by atoms with Crippen molar-refractivity contribution in [1.82, 2.24) is 61.3 Å². The van der Waals surface area contributed by atoms with Crippen molar-refractivity contribution in [3.63, 3.8) is 0 Å². The van der Waals surface area contributed by atoms with Gasteiger partial charge in [-0.25, -0.2) is 0 Å².